The summed E-state index contributed by atoms with van der Waals surface area (Å²) in [6, 6.07) is 16.9. The molecule has 0 saturated heterocycles. The number of hydrogen-bond acceptors (Lipinski definition) is 5. The van der Waals surface area contributed by atoms with Gasteiger partial charge in [0.2, 0.25) is 0 Å². The number of hydrogen-bond donors (Lipinski definition) is 1. The molecule has 132 valence electrons. The molecule has 0 aliphatic heterocycles. The molecule has 0 aliphatic carbocycles. The molecule has 1 N–H and O–H groups in total. The SMILES string of the molecule is CCC(C)C(c1ccc(Nc2nc3ccccc3s2)cc1)n1cncn1. The molecule has 2 unspecified atom stereocenters. The van der Waals surface area contributed by atoms with Crippen LogP contribution < -0.4 is 5.32 Å². The normalized spacial score (nSPS) is 13.6. The Labute approximate surface area is 156 Å². The Morgan fingerprint density at radius 1 is 1.12 bits per heavy atom. The molecule has 0 radical (unpaired) electrons. The summed E-state index contributed by atoms with van der Waals surface area (Å²) in [4.78, 5) is 8.74. The highest BCUT2D eigenvalue weighted by Crippen LogP contribution is 2.31. The van der Waals surface area contributed by atoms with Gasteiger partial charge in [0.25, 0.3) is 0 Å². The van der Waals surface area contributed by atoms with Crippen LogP contribution in [0, 0.1) is 5.92 Å². The summed E-state index contributed by atoms with van der Waals surface area (Å²) >= 11 is 1.66. The van der Waals surface area contributed by atoms with Gasteiger partial charge >= 0.3 is 0 Å². The van der Waals surface area contributed by atoms with Gasteiger partial charge in [0, 0.05) is 5.69 Å². The minimum absolute atomic E-state index is 0.194. The Hall–Kier alpha value is -2.73. The summed E-state index contributed by atoms with van der Waals surface area (Å²) in [5.41, 5.74) is 3.30. The molecule has 0 aliphatic rings. The van der Waals surface area contributed by atoms with Gasteiger partial charge < -0.3 is 5.32 Å². The minimum atomic E-state index is 0.194. The number of thiazole rings is 1. The van der Waals surface area contributed by atoms with Gasteiger partial charge in [0.15, 0.2) is 5.13 Å². The van der Waals surface area contributed by atoms with Crippen molar-refractivity contribution in [2.45, 2.75) is 26.3 Å². The van der Waals surface area contributed by atoms with Gasteiger partial charge in [-0.2, -0.15) is 5.10 Å². The molecular formula is C20H21N5S. The van der Waals surface area contributed by atoms with Gasteiger partial charge in [-0.15, -0.1) is 0 Å². The second-order valence-corrected chi connectivity index (χ2v) is 7.47. The van der Waals surface area contributed by atoms with Gasteiger partial charge in [-0.1, -0.05) is 55.9 Å². The van der Waals surface area contributed by atoms with Crippen LogP contribution in [0.15, 0.2) is 61.2 Å². The Morgan fingerprint density at radius 3 is 2.62 bits per heavy atom. The molecule has 2 heterocycles. The average molecular weight is 363 g/mol. The van der Waals surface area contributed by atoms with Crippen molar-refractivity contribution in [2.75, 3.05) is 5.32 Å². The number of anilines is 2. The molecule has 0 spiro atoms. The van der Waals surface area contributed by atoms with Crippen molar-refractivity contribution >= 4 is 32.4 Å². The molecule has 0 fully saturated rings. The van der Waals surface area contributed by atoms with Gasteiger partial charge in [-0.05, 0) is 35.7 Å². The summed E-state index contributed by atoms with van der Waals surface area (Å²) < 4.78 is 3.14. The zero-order chi connectivity index (χ0) is 17.9. The first-order valence-electron chi connectivity index (χ1n) is 8.81. The van der Waals surface area contributed by atoms with E-state index < -0.39 is 0 Å². The standard InChI is InChI=1S/C20H21N5S/c1-3-14(2)19(25-13-21-12-22-25)15-8-10-16(11-9-15)23-20-24-17-6-4-5-7-18(17)26-20/h4-14,19H,3H2,1-2H3,(H,23,24). The van der Waals surface area contributed by atoms with Crippen molar-refractivity contribution in [3.63, 3.8) is 0 Å². The van der Waals surface area contributed by atoms with E-state index in [1.807, 2.05) is 22.9 Å². The van der Waals surface area contributed by atoms with Crippen LogP contribution in [0.5, 0.6) is 0 Å². The molecule has 0 bridgehead atoms. The largest absolute Gasteiger partial charge is 0.332 e. The van der Waals surface area contributed by atoms with Crippen LogP contribution in [0.25, 0.3) is 10.2 Å². The van der Waals surface area contributed by atoms with E-state index >= 15 is 0 Å². The quantitative estimate of drug-likeness (QED) is 0.507. The third-order valence-corrected chi connectivity index (χ3v) is 5.65. The topological polar surface area (TPSA) is 55.6 Å². The Balaban J connectivity index is 1.57. The second kappa shape index (κ2) is 7.25. The van der Waals surface area contributed by atoms with Crippen molar-refractivity contribution in [3.05, 3.63) is 66.7 Å². The van der Waals surface area contributed by atoms with E-state index in [0.717, 1.165) is 22.8 Å². The maximum atomic E-state index is 4.63. The molecule has 6 heteroatoms. The van der Waals surface area contributed by atoms with Crippen molar-refractivity contribution in [3.8, 4) is 0 Å². The Morgan fingerprint density at radius 2 is 1.92 bits per heavy atom. The van der Waals surface area contributed by atoms with Crippen molar-refractivity contribution in [1.82, 2.24) is 19.7 Å². The van der Waals surface area contributed by atoms with Crippen LogP contribution in [-0.4, -0.2) is 19.7 Å². The number of aromatic nitrogens is 4. The summed E-state index contributed by atoms with van der Waals surface area (Å²) in [5.74, 6) is 0.472. The van der Waals surface area contributed by atoms with Crippen LogP contribution in [0.1, 0.15) is 31.9 Å². The molecule has 5 nitrogen and oxygen atoms in total. The number of benzene rings is 2. The molecule has 2 aromatic carbocycles. The maximum absolute atomic E-state index is 4.63. The lowest BCUT2D eigenvalue weighted by molar-refractivity contribution is 0.367. The number of nitrogens with zero attached hydrogens (tertiary/aromatic N) is 4. The molecule has 2 atom stereocenters. The fourth-order valence-corrected chi connectivity index (χ4v) is 4.03. The first-order chi connectivity index (χ1) is 12.7. The highest BCUT2D eigenvalue weighted by Gasteiger charge is 2.20. The molecule has 0 saturated carbocycles. The fourth-order valence-electron chi connectivity index (χ4n) is 3.14. The van der Waals surface area contributed by atoms with Crippen LogP contribution in [0.2, 0.25) is 0 Å². The lowest BCUT2D eigenvalue weighted by atomic mass is 9.92. The molecule has 4 rings (SSSR count). The van der Waals surface area contributed by atoms with Crippen LogP contribution in [0.4, 0.5) is 10.8 Å². The second-order valence-electron chi connectivity index (χ2n) is 6.44. The highest BCUT2D eigenvalue weighted by atomic mass is 32.1. The summed E-state index contributed by atoms with van der Waals surface area (Å²) in [6.07, 6.45) is 4.47. The minimum Gasteiger partial charge on any atom is -0.332 e. The van der Waals surface area contributed by atoms with Crippen LogP contribution in [0.3, 0.4) is 0 Å². The van der Waals surface area contributed by atoms with Gasteiger partial charge in [0.1, 0.15) is 12.7 Å². The molecule has 0 amide bonds. The molecular weight excluding hydrogens is 342 g/mol. The average Bonchev–Trinajstić information content (AvgIpc) is 3.32. The monoisotopic (exact) mass is 363 g/mol. The first kappa shape index (κ1) is 16.7. The summed E-state index contributed by atoms with van der Waals surface area (Å²) in [7, 11) is 0. The molecule has 2 aromatic heterocycles. The zero-order valence-corrected chi connectivity index (χ0v) is 15.6. The lowest BCUT2D eigenvalue weighted by Crippen LogP contribution is -2.18. The van der Waals surface area contributed by atoms with Gasteiger partial charge in [-0.3, -0.25) is 0 Å². The van der Waals surface area contributed by atoms with E-state index in [9.17, 15) is 0 Å². The third kappa shape index (κ3) is 3.32. The lowest BCUT2D eigenvalue weighted by Gasteiger charge is -2.23. The van der Waals surface area contributed by atoms with Crippen molar-refractivity contribution in [1.29, 1.82) is 0 Å². The highest BCUT2D eigenvalue weighted by molar-refractivity contribution is 7.22. The number of nitrogens with one attached hydrogen (secondary N) is 1. The third-order valence-electron chi connectivity index (χ3n) is 4.70. The zero-order valence-electron chi connectivity index (χ0n) is 14.8. The number of rotatable bonds is 6. The Kier molecular flexibility index (Phi) is 4.67. The van der Waals surface area contributed by atoms with E-state index in [2.05, 4.69) is 64.6 Å². The van der Waals surface area contributed by atoms with Crippen molar-refractivity contribution < 1.29 is 0 Å². The van der Waals surface area contributed by atoms with E-state index in [4.69, 9.17) is 0 Å². The summed E-state index contributed by atoms with van der Waals surface area (Å²) in [5, 5.41) is 8.68. The van der Waals surface area contributed by atoms with Gasteiger partial charge in [0.05, 0.1) is 16.3 Å². The number of fused-ring (bicyclic) bond motifs is 1. The van der Waals surface area contributed by atoms with Crippen LogP contribution >= 0.6 is 11.3 Å². The summed E-state index contributed by atoms with van der Waals surface area (Å²) in [6.45, 7) is 4.46. The Bertz CT molecular complexity index is 942. The maximum Gasteiger partial charge on any atom is 0.188 e. The van der Waals surface area contributed by atoms with E-state index in [1.54, 1.807) is 24.0 Å². The van der Waals surface area contributed by atoms with E-state index in [1.165, 1.54) is 10.3 Å². The number of para-hydroxylation sites is 1. The smallest absolute Gasteiger partial charge is 0.188 e. The van der Waals surface area contributed by atoms with E-state index in [0.29, 0.717) is 5.92 Å². The predicted octanol–water partition coefficient (Wildman–Crippen LogP) is 5.27. The fraction of sp³-hybridized carbons (Fsp3) is 0.250. The van der Waals surface area contributed by atoms with Crippen LogP contribution in [-0.2, 0) is 0 Å². The molecule has 4 aromatic rings. The first-order valence-corrected chi connectivity index (χ1v) is 9.63. The van der Waals surface area contributed by atoms with E-state index in [-0.39, 0.29) is 6.04 Å². The molecule has 26 heavy (non-hydrogen) atoms. The predicted molar refractivity (Wildman–Crippen MR) is 107 cm³/mol. The van der Waals surface area contributed by atoms with Gasteiger partial charge in [-0.25, -0.2) is 14.6 Å². The van der Waals surface area contributed by atoms with Crippen molar-refractivity contribution in [2.24, 2.45) is 5.92 Å².